The Morgan fingerprint density at radius 3 is 1.74 bits per heavy atom. The minimum atomic E-state index is -4.17. The summed E-state index contributed by atoms with van der Waals surface area (Å²) in [7, 11) is -4.17. The van der Waals surface area contributed by atoms with E-state index in [2.05, 4.69) is 0 Å². The number of aliphatic hydroxyl groups is 2. The molecule has 0 saturated carbocycles. The van der Waals surface area contributed by atoms with Crippen LogP contribution in [0.25, 0.3) is 0 Å². The fourth-order valence-electron chi connectivity index (χ4n) is 4.81. The maximum atomic E-state index is 13.6. The number of aliphatic hydroxyl groups excluding tert-OH is 2. The zero-order valence-corrected chi connectivity index (χ0v) is 24.5. The molecule has 0 aliphatic carbocycles. The highest BCUT2D eigenvalue weighted by Crippen LogP contribution is 2.51. The summed E-state index contributed by atoms with van der Waals surface area (Å²) >= 11 is 0. The molecule has 0 unspecified atom stereocenters. The van der Waals surface area contributed by atoms with E-state index in [4.69, 9.17) is 32.5 Å². The largest absolute Gasteiger partial charge is 0.475 e. The van der Waals surface area contributed by atoms with Crippen LogP contribution in [-0.2, 0) is 56.9 Å². The summed E-state index contributed by atoms with van der Waals surface area (Å²) < 4.78 is 54.4. The van der Waals surface area contributed by atoms with E-state index in [9.17, 15) is 14.8 Å². The Morgan fingerprint density at radius 1 is 0.738 bits per heavy atom. The Labute approximate surface area is 245 Å². The van der Waals surface area contributed by atoms with Crippen molar-refractivity contribution in [1.29, 1.82) is 0 Å². The quantitative estimate of drug-likeness (QED) is 0.251. The van der Waals surface area contributed by atoms with Crippen LogP contribution in [0.5, 0.6) is 0 Å². The van der Waals surface area contributed by atoms with Gasteiger partial charge in [-0.25, -0.2) is 4.57 Å². The first-order valence-corrected chi connectivity index (χ1v) is 15.3. The van der Waals surface area contributed by atoms with Crippen LogP contribution in [0, 0.1) is 0 Å². The van der Waals surface area contributed by atoms with E-state index < -0.39 is 57.0 Å². The first-order chi connectivity index (χ1) is 20.2. The third-order valence-corrected chi connectivity index (χ3v) is 8.26. The number of hydrogen-bond donors (Lipinski definition) is 2. The van der Waals surface area contributed by atoms with Crippen molar-refractivity contribution in [3.8, 4) is 0 Å². The van der Waals surface area contributed by atoms with E-state index in [0.29, 0.717) is 0 Å². The van der Waals surface area contributed by atoms with Crippen molar-refractivity contribution in [2.75, 3.05) is 6.61 Å². The molecule has 10 nitrogen and oxygen atoms in total. The first-order valence-electron chi connectivity index (χ1n) is 13.9. The van der Waals surface area contributed by atoms with Gasteiger partial charge in [0.15, 0.2) is 12.1 Å². The minimum Gasteiger partial charge on any atom is -0.388 e. The lowest BCUT2D eigenvalue weighted by Gasteiger charge is -2.29. The number of ether oxygens (including phenoxy) is 4. The molecular weight excluding hydrogens is 563 g/mol. The molecule has 6 atom stereocenters. The molecule has 226 valence electrons. The highest BCUT2D eigenvalue weighted by atomic mass is 31.2. The van der Waals surface area contributed by atoms with Gasteiger partial charge in [0, 0.05) is 0 Å². The molecule has 5 rings (SSSR count). The molecule has 2 fully saturated rings. The van der Waals surface area contributed by atoms with Gasteiger partial charge in [-0.1, -0.05) is 91.0 Å². The number of benzene rings is 3. The Kier molecular flexibility index (Phi) is 10.2. The van der Waals surface area contributed by atoms with Crippen LogP contribution in [0.15, 0.2) is 91.0 Å². The average Bonchev–Trinajstić information content (AvgIpc) is 3.50. The van der Waals surface area contributed by atoms with Gasteiger partial charge >= 0.3 is 7.82 Å². The summed E-state index contributed by atoms with van der Waals surface area (Å²) in [4.78, 5) is 0. The Bertz CT molecular complexity index is 1250. The van der Waals surface area contributed by atoms with Crippen molar-refractivity contribution in [3.05, 3.63) is 108 Å². The lowest BCUT2D eigenvalue weighted by atomic mass is 10.0. The fourth-order valence-corrected chi connectivity index (χ4v) is 5.98. The Hall–Kier alpha value is -2.47. The normalized spacial score (nSPS) is 24.8. The standard InChI is InChI=1S/C31H37O10P/c1-31(2)40-28-27(39-30(29(28)41-31)35-18-22-12-6-3-7-13-22)26(33)25(32)21-38-42(34,36-19-23-14-8-4-9-15-23)37-20-24-16-10-5-11-17-24/h3-17,25-30,32-33H,18-21H2,1-2H3/t25-,26-,27-,28+,29+,30+/m1/s1. The van der Waals surface area contributed by atoms with E-state index in [1.54, 1.807) is 13.8 Å². The average molecular weight is 601 g/mol. The fraction of sp³-hybridized carbons (Fsp3) is 0.419. The van der Waals surface area contributed by atoms with Crippen molar-refractivity contribution in [3.63, 3.8) is 0 Å². The minimum absolute atomic E-state index is 0.0399. The molecule has 0 radical (unpaired) electrons. The summed E-state index contributed by atoms with van der Waals surface area (Å²) in [6.45, 7) is 3.14. The third-order valence-electron chi connectivity index (χ3n) is 6.90. The number of hydrogen-bond acceptors (Lipinski definition) is 10. The molecule has 0 aromatic heterocycles. The van der Waals surface area contributed by atoms with E-state index in [1.165, 1.54) is 0 Å². The van der Waals surface area contributed by atoms with Crippen molar-refractivity contribution >= 4 is 7.82 Å². The van der Waals surface area contributed by atoms with Crippen LogP contribution in [0.1, 0.15) is 30.5 Å². The zero-order chi connectivity index (χ0) is 29.6. The Balaban J connectivity index is 1.22. The number of phosphoric acid groups is 1. The summed E-state index contributed by atoms with van der Waals surface area (Å²) in [6.07, 6.45) is -6.22. The van der Waals surface area contributed by atoms with Gasteiger partial charge in [0.1, 0.15) is 30.5 Å². The second kappa shape index (κ2) is 13.9. The predicted molar refractivity (Wildman–Crippen MR) is 152 cm³/mol. The van der Waals surface area contributed by atoms with E-state index in [1.807, 2.05) is 91.0 Å². The maximum Gasteiger partial charge on any atom is 0.475 e. The van der Waals surface area contributed by atoms with Gasteiger partial charge < -0.3 is 29.2 Å². The van der Waals surface area contributed by atoms with Crippen LogP contribution in [-0.4, -0.2) is 59.4 Å². The molecule has 2 saturated heterocycles. The van der Waals surface area contributed by atoms with Crippen LogP contribution in [0.3, 0.4) is 0 Å². The van der Waals surface area contributed by atoms with Crippen LogP contribution in [0.4, 0.5) is 0 Å². The molecular formula is C31H37O10P. The van der Waals surface area contributed by atoms with Gasteiger partial charge in [-0.2, -0.15) is 0 Å². The predicted octanol–water partition coefficient (Wildman–Crippen LogP) is 4.73. The van der Waals surface area contributed by atoms with Crippen molar-refractivity contribution in [1.82, 2.24) is 0 Å². The first kappa shape index (κ1) is 31.0. The van der Waals surface area contributed by atoms with Crippen LogP contribution >= 0.6 is 7.82 Å². The van der Waals surface area contributed by atoms with E-state index >= 15 is 0 Å². The number of phosphoric ester groups is 1. The van der Waals surface area contributed by atoms with Gasteiger partial charge in [0.25, 0.3) is 0 Å². The van der Waals surface area contributed by atoms with Crippen LogP contribution in [0.2, 0.25) is 0 Å². The van der Waals surface area contributed by atoms with Crippen molar-refractivity contribution < 1.29 is 47.3 Å². The maximum absolute atomic E-state index is 13.6. The van der Waals surface area contributed by atoms with Crippen molar-refractivity contribution in [2.24, 2.45) is 0 Å². The smallest absolute Gasteiger partial charge is 0.388 e. The summed E-state index contributed by atoms with van der Waals surface area (Å²) in [5.41, 5.74) is 2.46. The molecule has 0 amide bonds. The number of fused-ring (bicyclic) bond motifs is 1. The van der Waals surface area contributed by atoms with Gasteiger partial charge in [-0.15, -0.1) is 0 Å². The molecule has 3 aromatic carbocycles. The molecule has 2 aliphatic rings. The van der Waals surface area contributed by atoms with Gasteiger partial charge in [-0.3, -0.25) is 13.6 Å². The van der Waals surface area contributed by atoms with Crippen LogP contribution < -0.4 is 0 Å². The molecule has 3 aromatic rings. The molecule has 2 heterocycles. The second-order valence-corrected chi connectivity index (χ2v) is 12.3. The summed E-state index contributed by atoms with van der Waals surface area (Å²) in [5, 5.41) is 22.1. The monoisotopic (exact) mass is 600 g/mol. The summed E-state index contributed by atoms with van der Waals surface area (Å²) in [6, 6.07) is 27.9. The summed E-state index contributed by atoms with van der Waals surface area (Å²) in [5.74, 6) is -0.945. The highest BCUT2D eigenvalue weighted by Gasteiger charge is 2.58. The third kappa shape index (κ3) is 8.12. The second-order valence-electron chi connectivity index (χ2n) is 10.6. The molecule has 0 bridgehead atoms. The van der Waals surface area contributed by atoms with Gasteiger partial charge in [-0.05, 0) is 30.5 Å². The topological polar surface area (TPSA) is 122 Å². The molecule has 2 N–H and O–H groups in total. The molecule has 42 heavy (non-hydrogen) atoms. The molecule has 2 aliphatic heterocycles. The van der Waals surface area contributed by atoms with E-state index in [0.717, 1.165) is 16.7 Å². The van der Waals surface area contributed by atoms with Gasteiger partial charge in [0.05, 0.1) is 26.4 Å². The zero-order valence-electron chi connectivity index (χ0n) is 23.6. The van der Waals surface area contributed by atoms with Gasteiger partial charge in [0.2, 0.25) is 0 Å². The van der Waals surface area contributed by atoms with E-state index in [-0.39, 0.29) is 19.8 Å². The lowest BCUT2D eigenvalue weighted by molar-refractivity contribution is -0.251. The highest BCUT2D eigenvalue weighted by molar-refractivity contribution is 7.48. The Morgan fingerprint density at radius 2 is 1.21 bits per heavy atom. The molecule has 11 heteroatoms. The SMILES string of the molecule is CC1(C)O[C@@H]2[C@H](O1)[C@@H](OCc1ccccc1)O[C@@H]2[C@H](O)[C@H](O)COP(=O)(OCc1ccccc1)OCc1ccccc1. The lowest BCUT2D eigenvalue weighted by Crippen LogP contribution is -2.46. The number of rotatable bonds is 14. The molecule has 0 spiro atoms. The van der Waals surface area contributed by atoms with Crippen molar-refractivity contribution in [2.45, 2.75) is 76.3 Å².